The van der Waals surface area contributed by atoms with Crippen LogP contribution in [0.4, 0.5) is 24.8 Å². The van der Waals surface area contributed by atoms with Crippen LogP contribution in [0.5, 0.6) is 17.4 Å². The average molecular weight is 646 g/mol. The molecule has 0 aliphatic carbocycles. The van der Waals surface area contributed by atoms with Gasteiger partial charge in [0.15, 0.2) is 11.5 Å². The van der Waals surface area contributed by atoms with E-state index in [9.17, 15) is 18.0 Å². The lowest BCUT2D eigenvalue weighted by Gasteiger charge is -2.15. The first-order valence-electron chi connectivity index (χ1n) is 12.9. The molecular formula is C28H26F3N7O4S2. The lowest BCUT2D eigenvalue weighted by atomic mass is 10.1. The molecule has 4 heterocycles. The van der Waals surface area contributed by atoms with Crippen molar-refractivity contribution < 1.29 is 32.2 Å². The Kier molecular flexibility index (Phi) is 9.20. The molecule has 0 atom stereocenters. The van der Waals surface area contributed by atoms with Gasteiger partial charge in [-0.05, 0) is 31.0 Å². The van der Waals surface area contributed by atoms with Crippen molar-refractivity contribution >= 4 is 41.3 Å². The third kappa shape index (κ3) is 6.86. The minimum absolute atomic E-state index is 0.0196. The van der Waals surface area contributed by atoms with E-state index in [1.807, 2.05) is 6.08 Å². The highest BCUT2D eigenvalue weighted by atomic mass is 32.2. The van der Waals surface area contributed by atoms with Crippen LogP contribution in [-0.4, -0.2) is 63.5 Å². The highest BCUT2D eigenvalue weighted by molar-refractivity contribution is 8.05. The number of carbonyl (C=O) groups excluding carboxylic acids is 1. The Labute approximate surface area is 258 Å². The van der Waals surface area contributed by atoms with Crippen LogP contribution in [0.2, 0.25) is 0 Å². The normalized spacial score (nSPS) is 12.9. The number of hydrogen-bond donors (Lipinski definition) is 2. The molecule has 5 rings (SSSR count). The first-order valence-corrected chi connectivity index (χ1v) is 14.9. The van der Waals surface area contributed by atoms with Crippen molar-refractivity contribution in [3.05, 3.63) is 70.7 Å². The monoisotopic (exact) mass is 645 g/mol. The zero-order chi connectivity index (χ0) is 31.4. The van der Waals surface area contributed by atoms with E-state index in [0.29, 0.717) is 22.7 Å². The van der Waals surface area contributed by atoms with Crippen LogP contribution >= 0.6 is 23.7 Å². The largest absolute Gasteiger partial charge is 0.497 e. The van der Waals surface area contributed by atoms with Crippen molar-refractivity contribution in [1.29, 1.82) is 0 Å². The lowest BCUT2D eigenvalue weighted by Crippen LogP contribution is -2.18. The van der Waals surface area contributed by atoms with Gasteiger partial charge >= 0.3 is 6.18 Å². The van der Waals surface area contributed by atoms with Gasteiger partial charge in [-0.2, -0.15) is 35.0 Å². The third-order valence-electron chi connectivity index (χ3n) is 6.30. The number of nitrogens with one attached hydrogen (secondary N) is 2. The highest BCUT2D eigenvalue weighted by Crippen LogP contribution is 2.34. The maximum Gasteiger partial charge on any atom is 0.435 e. The predicted octanol–water partition coefficient (Wildman–Crippen LogP) is 5.83. The van der Waals surface area contributed by atoms with Crippen LogP contribution in [0, 0.1) is 6.92 Å². The number of hydrogen-bond acceptors (Lipinski definition) is 11. The maximum atomic E-state index is 13.6. The van der Waals surface area contributed by atoms with Gasteiger partial charge in [0.2, 0.25) is 11.8 Å². The number of alkyl halides is 3. The fourth-order valence-corrected chi connectivity index (χ4v) is 6.01. The Morgan fingerprint density at radius 3 is 2.39 bits per heavy atom. The summed E-state index contributed by atoms with van der Waals surface area (Å²) in [5, 5.41) is 6.84. The molecule has 0 bridgehead atoms. The minimum atomic E-state index is -4.68. The molecule has 2 N–H and O–H groups in total. The number of thioether (sulfide) groups is 1. The summed E-state index contributed by atoms with van der Waals surface area (Å²) in [6.45, 7) is 1.48. The molecule has 230 valence electrons. The summed E-state index contributed by atoms with van der Waals surface area (Å²) < 4.78 is 60.7. The molecule has 0 fully saturated rings. The number of halogens is 3. The Bertz CT molecular complexity index is 1710. The minimum Gasteiger partial charge on any atom is -0.497 e. The van der Waals surface area contributed by atoms with Gasteiger partial charge in [-0.1, -0.05) is 6.08 Å². The summed E-state index contributed by atoms with van der Waals surface area (Å²) in [4.78, 5) is 27.4. The Morgan fingerprint density at radius 1 is 1.02 bits per heavy atom. The molecule has 16 heteroatoms. The van der Waals surface area contributed by atoms with Crippen molar-refractivity contribution in [1.82, 2.24) is 29.5 Å². The van der Waals surface area contributed by atoms with E-state index < -0.39 is 17.8 Å². The number of anilines is 2. The highest BCUT2D eigenvalue weighted by Gasteiger charge is 2.35. The van der Waals surface area contributed by atoms with Gasteiger partial charge in [0.05, 0.1) is 21.3 Å². The second kappa shape index (κ2) is 13.1. The molecule has 1 amide bonds. The maximum absolute atomic E-state index is 13.6. The number of amides is 1. The molecular weight excluding hydrogens is 619 g/mol. The van der Waals surface area contributed by atoms with E-state index in [0.717, 1.165) is 27.2 Å². The molecule has 0 saturated carbocycles. The molecule has 0 radical (unpaired) electrons. The van der Waals surface area contributed by atoms with Gasteiger partial charge < -0.3 is 19.5 Å². The molecule has 1 aromatic carbocycles. The molecule has 44 heavy (non-hydrogen) atoms. The van der Waals surface area contributed by atoms with E-state index in [4.69, 9.17) is 14.2 Å². The Morgan fingerprint density at radius 2 is 1.77 bits per heavy atom. The fraction of sp³-hybridized carbons (Fsp3) is 0.250. The van der Waals surface area contributed by atoms with Gasteiger partial charge in [0, 0.05) is 69.5 Å². The van der Waals surface area contributed by atoms with Crippen LogP contribution in [-0.2, 0) is 6.18 Å². The van der Waals surface area contributed by atoms with Crippen molar-refractivity contribution in [2.75, 3.05) is 38.2 Å². The topological polar surface area (TPSA) is 125 Å². The summed E-state index contributed by atoms with van der Waals surface area (Å²) in [5.74, 6) is 2.36. The molecule has 0 spiro atoms. The van der Waals surface area contributed by atoms with Crippen molar-refractivity contribution in [2.45, 2.75) is 13.1 Å². The number of carbonyl (C=O) groups is 1. The van der Waals surface area contributed by atoms with Crippen LogP contribution in [0.3, 0.4) is 0 Å². The van der Waals surface area contributed by atoms with Crippen molar-refractivity contribution in [3.63, 3.8) is 0 Å². The zero-order valence-corrected chi connectivity index (χ0v) is 25.5. The second-order valence-electron chi connectivity index (χ2n) is 9.24. The second-order valence-corrected chi connectivity index (χ2v) is 11.2. The van der Waals surface area contributed by atoms with E-state index in [-0.39, 0.29) is 34.5 Å². The van der Waals surface area contributed by atoms with Gasteiger partial charge in [-0.3, -0.25) is 9.52 Å². The van der Waals surface area contributed by atoms with Crippen molar-refractivity contribution in [3.8, 4) is 34.3 Å². The van der Waals surface area contributed by atoms with E-state index in [2.05, 4.69) is 30.1 Å². The number of methoxy groups -OCH3 is 3. The van der Waals surface area contributed by atoms with E-state index >= 15 is 0 Å². The summed E-state index contributed by atoms with van der Waals surface area (Å²) in [6, 6.07) is 7.47. The average Bonchev–Trinajstić information content (AvgIpc) is 3.69. The number of aryl methyl sites for hydroxylation is 1. The van der Waals surface area contributed by atoms with Crippen LogP contribution in [0.15, 0.2) is 53.7 Å². The van der Waals surface area contributed by atoms with Gasteiger partial charge in [-0.15, -0.1) is 0 Å². The van der Waals surface area contributed by atoms with E-state index in [1.54, 1.807) is 30.0 Å². The predicted molar refractivity (Wildman–Crippen MR) is 162 cm³/mol. The van der Waals surface area contributed by atoms with E-state index in [1.165, 1.54) is 58.7 Å². The van der Waals surface area contributed by atoms with Crippen LogP contribution < -0.4 is 24.2 Å². The quantitative estimate of drug-likeness (QED) is 0.202. The number of rotatable bonds is 10. The third-order valence-corrected chi connectivity index (χ3v) is 8.26. The summed E-state index contributed by atoms with van der Waals surface area (Å²) >= 11 is 2.94. The molecule has 11 nitrogen and oxygen atoms in total. The number of pyridine rings is 1. The molecule has 1 aliphatic heterocycles. The van der Waals surface area contributed by atoms with Crippen molar-refractivity contribution in [2.24, 2.45) is 0 Å². The standard InChI is InChI=1S/C28H26F3N7O4S2/c1-15-7-23(28(29,30)31)36-38(15)24-22(13-33-27(35-24)34-17-9-18(40-2)11-19(10-17)41-3)16-8-21(26(42-4)32-12-16)25(39)37-44-20-5-6-43-14-20/h5,7-13H,6,14H2,1-4H3,(H,37,39)(H,33,34,35). The number of ether oxygens (including phenoxy) is 3. The molecule has 0 saturated heterocycles. The van der Waals surface area contributed by atoms with Gasteiger partial charge in [0.25, 0.3) is 5.91 Å². The Hall–Kier alpha value is -4.44. The van der Waals surface area contributed by atoms with Gasteiger partial charge in [-0.25, -0.2) is 14.6 Å². The lowest BCUT2D eigenvalue weighted by molar-refractivity contribution is -0.141. The van der Waals surface area contributed by atoms with Crippen LogP contribution in [0.1, 0.15) is 21.7 Å². The first-order chi connectivity index (χ1) is 21.1. The number of aromatic nitrogens is 5. The number of nitrogens with zero attached hydrogens (tertiary/aromatic N) is 5. The van der Waals surface area contributed by atoms with Gasteiger partial charge in [0.1, 0.15) is 17.1 Å². The summed E-state index contributed by atoms with van der Waals surface area (Å²) in [6.07, 6.45) is 0.185. The molecule has 1 aliphatic rings. The zero-order valence-electron chi connectivity index (χ0n) is 23.9. The fourth-order valence-electron chi connectivity index (χ4n) is 4.17. The van der Waals surface area contributed by atoms with Crippen LogP contribution in [0.25, 0.3) is 16.9 Å². The number of benzene rings is 1. The Balaban J connectivity index is 1.58. The summed E-state index contributed by atoms with van der Waals surface area (Å²) in [7, 11) is 4.39. The summed E-state index contributed by atoms with van der Waals surface area (Å²) in [5.41, 5.74) is 0.329. The smallest absolute Gasteiger partial charge is 0.435 e. The SMILES string of the molecule is COc1cc(Nc2ncc(-c3cnc(OC)c(C(=O)NSC4=CCSC4)c3)c(-n3nc(C(F)(F)F)cc3C)n2)cc(OC)c1. The molecule has 0 unspecified atom stereocenters. The molecule has 4 aromatic rings. The first kappa shape index (κ1) is 31.0. The molecule has 3 aromatic heterocycles.